The van der Waals surface area contributed by atoms with Gasteiger partial charge in [0.15, 0.2) is 0 Å². The van der Waals surface area contributed by atoms with E-state index in [2.05, 4.69) is 5.32 Å². The zero-order valence-corrected chi connectivity index (χ0v) is 13.2. The Balaban J connectivity index is 1.93. The standard InChI is InChI=1S/C19H19N3O/c1-22(2)18-10-8-15(20)12-17(18)19(23)21-16-9-7-13-5-3-4-6-14(13)11-16/h3-12H,20H2,1-2H3,(H,21,23). The molecule has 0 bridgehead atoms. The van der Waals surface area contributed by atoms with E-state index in [1.807, 2.05) is 67.5 Å². The van der Waals surface area contributed by atoms with Crippen LogP contribution in [0.15, 0.2) is 60.7 Å². The van der Waals surface area contributed by atoms with Crippen LogP contribution in [-0.2, 0) is 0 Å². The monoisotopic (exact) mass is 305 g/mol. The molecule has 0 aliphatic rings. The van der Waals surface area contributed by atoms with E-state index < -0.39 is 0 Å². The lowest BCUT2D eigenvalue weighted by atomic mass is 10.1. The van der Waals surface area contributed by atoms with Crippen molar-refractivity contribution in [3.8, 4) is 0 Å². The lowest BCUT2D eigenvalue weighted by Crippen LogP contribution is -2.18. The van der Waals surface area contributed by atoms with Crippen LogP contribution in [0.3, 0.4) is 0 Å². The van der Waals surface area contributed by atoms with E-state index in [9.17, 15) is 4.79 Å². The van der Waals surface area contributed by atoms with Crippen molar-refractivity contribution >= 4 is 33.7 Å². The van der Waals surface area contributed by atoms with Crippen molar-refractivity contribution in [3.63, 3.8) is 0 Å². The summed E-state index contributed by atoms with van der Waals surface area (Å²) in [6, 6.07) is 19.3. The predicted octanol–water partition coefficient (Wildman–Crippen LogP) is 3.74. The van der Waals surface area contributed by atoms with Gasteiger partial charge in [-0.25, -0.2) is 0 Å². The molecule has 0 aliphatic carbocycles. The van der Waals surface area contributed by atoms with Crippen LogP contribution in [0.4, 0.5) is 17.1 Å². The number of amides is 1. The minimum absolute atomic E-state index is 0.170. The number of nitrogens with zero attached hydrogens (tertiary/aromatic N) is 1. The minimum atomic E-state index is -0.170. The molecule has 0 unspecified atom stereocenters. The summed E-state index contributed by atoms with van der Waals surface area (Å²) in [6.45, 7) is 0. The van der Waals surface area contributed by atoms with E-state index in [1.165, 1.54) is 0 Å². The highest BCUT2D eigenvalue weighted by atomic mass is 16.1. The number of carbonyl (C=O) groups excluding carboxylic acids is 1. The van der Waals surface area contributed by atoms with Gasteiger partial charge in [0, 0.05) is 31.2 Å². The Morgan fingerprint density at radius 3 is 2.43 bits per heavy atom. The van der Waals surface area contributed by atoms with Gasteiger partial charge in [-0.15, -0.1) is 0 Å². The zero-order chi connectivity index (χ0) is 16.4. The molecular weight excluding hydrogens is 286 g/mol. The molecule has 0 aliphatic heterocycles. The number of anilines is 3. The smallest absolute Gasteiger partial charge is 0.257 e. The van der Waals surface area contributed by atoms with Crippen molar-refractivity contribution < 1.29 is 4.79 Å². The van der Waals surface area contributed by atoms with Gasteiger partial charge in [-0.3, -0.25) is 4.79 Å². The number of hydrogen-bond donors (Lipinski definition) is 2. The van der Waals surface area contributed by atoms with Crippen molar-refractivity contribution in [2.24, 2.45) is 0 Å². The summed E-state index contributed by atoms with van der Waals surface area (Å²) < 4.78 is 0. The normalized spacial score (nSPS) is 10.5. The Bertz CT molecular complexity index is 871. The Morgan fingerprint density at radius 2 is 1.70 bits per heavy atom. The molecule has 0 saturated heterocycles. The third kappa shape index (κ3) is 3.11. The van der Waals surface area contributed by atoms with Crippen LogP contribution < -0.4 is 16.0 Å². The van der Waals surface area contributed by atoms with Crippen LogP contribution in [0.5, 0.6) is 0 Å². The average Bonchev–Trinajstić information content (AvgIpc) is 2.54. The summed E-state index contributed by atoms with van der Waals surface area (Å²) >= 11 is 0. The second-order valence-corrected chi connectivity index (χ2v) is 5.69. The molecule has 0 atom stereocenters. The lowest BCUT2D eigenvalue weighted by Gasteiger charge is -2.17. The number of fused-ring (bicyclic) bond motifs is 1. The molecule has 3 N–H and O–H groups in total. The minimum Gasteiger partial charge on any atom is -0.399 e. The number of benzene rings is 3. The van der Waals surface area contributed by atoms with Gasteiger partial charge in [-0.1, -0.05) is 30.3 Å². The summed E-state index contributed by atoms with van der Waals surface area (Å²) in [5.74, 6) is -0.170. The van der Waals surface area contributed by atoms with Crippen molar-refractivity contribution in [2.45, 2.75) is 0 Å². The fraction of sp³-hybridized carbons (Fsp3) is 0.105. The summed E-state index contributed by atoms with van der Waals surface area (Å²) in [5, 5.41) is 5.18. The maximum atomic E-state index is 12.6. The first-order chi connectivity index (χ1) is 11.0. The highest BCUT2D eigenvalue weighted by Crippen LogP contribution is 2.24. The first-order valence-corrected chi connectivity index (χ1v) is 7.41. The topological polar surface area (TPSA) is 58.4 Å². The van der Waals surface area contributed by atoms with E-state index in [0.29, 0.717) is 11.3 Å². The Morgan fingerprint density at radius 1 is 0.957 bits per heavy atom. The largest absolute Gasteiger partial charge is 0.399 e. The van der Waals surface area contributed by atoms with E-state index in [4.69, 9.17) is 5.73 Å². The molecular formula is C19H19N3O. The summed E-state index contributed by atoms with van der Waals surface area (Å²) in [4.78, 5) is 14.5. The molecule has 0 saturated carbocycles. The molecule has 3 aromatic rings. The zero-order valence-electron chi connectivity index (χ0n) is 13.2. The molecule has 0 spiro atoms. The van der Waals surface area contributed by atoms with Gasteiger partial charge in [0.2, 0.25) is 0 Å². The molecule has 23 heavy (non-hydrogen) atoms. The van der Waals surface area contributed by atoms with Crippen LogP contribution >= 0.6 is 0 Å². The number of nitrogen functional groups attached to an aromatic ring is 1. The Hall–Kier alpha value is -3.01. The fourth-order valence-electron chi connectivity index (χ4n) is 2.59. The van der Waals surface area contributed by atoms with E-state index in [-0.39, 0.29) is 5.91 Å². The van der Waals surface area contributed by atoms with Gasteiger partial charge in [-0.2, -0.15) is 0 Å². The van der Waals surface area contributed by atoms with Gasteiger partial charge in [-0.05, 0) is 41.1 Å². The van der Waals surface area contributed by atoms with Crippen molar-refractivity contribution in [1.82, 2.24) is 0 Å². The number of hydrogen-bond acceptors (Lipinski definition) is 3. The average molecular weight is 305 g/mol. The van der Waals surface area contributed by atoms with E-state index >= 15 is 0 Å². The Labute approximate surface area is 135 Å². The van der Waals surface area contributed by atoms with Gasteiger partial charge in [0.25, 0.3) is 5.91 Å². The van der Waals surface area contributed by atoms with Crippen molar-refractivity contribution in [2.75, 3.05) is 30.0 Å². The van der Waals surface area contributed by atoms with Crippen LogP contribution in [0, 0.1) is 0 Å². The molecule has 3 rings (SSSR count). The van der Waals surface area contributed by atoms with Gasteiger partial charge in [0.05, 0.1) is 5.56 Å². The highest BCUT2D eigenvalue weighted by Gasteiger charge is 2.13. The SMILES string of the molecule is CN(C)c1ccc(N)cc1C(=O)Nc1ccc2ccccc2c1. The van der Waals surface area contributed by atoms with Gasteiger partial charge < -0.3 is 16.0 Å². The number of rotatable bonds is 3. The molecule has 0 heterocycles. The molecule has 4 nitrogen and oxygen atoms in total. The molecule has 0 fully saturated rings. The molecule has 3 aromatic carbocycles. The molecule has 116 valence electrons. The molecule has 4 heteroatoms. The predicted molar refractivity (Wildman–Crippen MR) is 97.1 cm³/mol. The summed E-state index contributed by atoms with van der Waals surface area (Å²) in [6.07, 6.45) is 0. The van der Waals surface area contributed by atoms with Gasteiger partial charge in [0.1, 0.15) is 0 Å². The first-order valence-electron chi connectivity index (χ1n) is 7.41. The van der Waals surface area contributed by atoms with Crippen LogP contribution in [0.2, 0.25) is 0 Å². The van der Waals surface area contributed by atoms with Crippen LogP contribution in [-0.4, -0.2) is 20.0 Å². The van der Waals surface area contributed by atoms with Crippen molar-refractivity contribution in [1.29, 1.82) is 0 Å². The second kappa shape index (κ2) is 6.01. The number of carbonyl (C=O) groups is 1. The lowest BCUT2D eigenvalue weighted by molar-refractivity contribution is 0.102. The van der Waals surface area contributed by atoms with E-state index in [0.717, 1.165) is 22.1 Å². The quantitative estimate of drug-likeness (QED) is 0.725. The second-order valence-electron chi connectivity index (χ2n) is 5.69. The number of nitrogens with one attached hydrogen (secondary N) is 1. The maximum absolute atomic E-state index is 12.6. The molecule has 0 aromatic heterocycles. The molecule has 1 amide bonds. The summed E-state index contributed by atoms with van der Waals surface area (Å²) in [5.41, 5.74) is 8.56. The third-order valence-corrected chi connectivity index (χ3v) is 3.75. The maximum Gasteiger partial charge on any atom is 0.257 e. The third-order valence-electron chi connectivity index (χ3n) is 3.75. The van der Waals surface area contributed by atoms with E-state index in [1.54, 1.807) is 12.1 Å². The van der Waals surface area contributed by atoms with Crippen LogP contribution in [0.25, 0.3) is 10.8 Å². The Kier molecular flexibility index (Phi) is 3.89. The highest BCUT2D eigenvalue weighted by molar-refractivity contribution is 6.09. The molecule has 0 radical (unpaired) electrons. The first kappa shape index (κ1) is 14.9. The van der Waals surface area contributed by atoms with Crippen LogP contribution in [0.1, 0.15) is 10.4 Å². The van der Waals surface area contributed by atoms with Gasteiger partial charge >= 0.3 is 0 Å². The fourth-order valence-corrected chi connectivity index (χ4v) is 2.59. The summed E-state index contributed by atoms with van der Waals surface area (Å²) in [7, 11) is 3.80. The van der Waals surface area contributed by atoms with Crippen molar-refractivity contribution in [3.05, 3.63) is 66.2 Å². The number of nitrogens with two attached hydrogens (primary N) is 1.